The van der Waals surface area contributed by atoms with Gasteiger partial charge in [0.15, 0.2) is 14.7 Å². The average molecular weight is 335 g/mol. The van der Waals surface area contributed by atoms with Gasteiger partial charge >= 0.3 is 0 Å². The van der Waals surface area contributed by atoms with Crippen molar-refractivity contribution >= 4 is 10.9 Å². The third-order valence-corrected chi connectivity index (χ3v) is 5.67. The largest absolute Gasteiger partial charge is 0.488 e. The lowest BCUT2D eigenvalue weighted by atomic mass is 10.2. The SMILES string of the molecule is CC(C)(C)Oc1ccc([S+](c2ccccc2)c2ccccc2)cc1. The highest BCUT2D eigenvalue weighted by Gasteiger charge is 2.28. The van der Waals surface area contributed by atoms with Gasteiger partial charge in [-0.1, -0.05) is 36.4 Å². The summed E-state index contributed by atoms with van der Waals surface area (Å²) in [5, 5.41) is 0. The van der Waals surface area contributed by atoms with Crippen LogP contribution in [-0.2, 0) is 10.9 Å². The molecule has 0 unspecified atom stereocenters. The van der Waals surface area contributed by atoms with Crippen molar-refractivity contribution < 1.29 is 4.74 Å². The molecule has 0 aliphatic heterocycles. The van der Waals surface area contributed by atoms with Crippen LogP contribution in [0.4, 0.5) is 0 Å². The van der Waals surface area contributed by atoms with Crippen molar-refractivity contribution in [3.63, 3.8) is 0 Å². The van der Waals surface area contributed by atoms with Crippen LogP contribution in [0.3, 0.4) is 0 Å². The van der Waals surface area contributed by atoms with Crippen LogP contribution in [0.1, 0.15) is 20.8 Å². The first-order valence-corrected chi connectivity index (χ1v) is 9.39. The van der Waals surface area contributed by atoms with Gasteiger partial charge in [0.25, 0.3) is 0 Å². The van der Waals surface area contributed by atoms with Crippen molar-refractivity contribution in [3.05, 3.63) is 84.9 Å². The van der Waals surface area contributed by atoms with E-state index in [9.17, 15) is 0 Å². The van der Waals surface area contributed by atoms with Crippen molar-refractivity contribution in [1.82, 2.24) is 0 Å². The second-order valence-corrected chi connectivity index (χ2v) is 8.64. The first-order valence-electron chi connectivity index (χ1n) is 8.16. The van der Waals surface area contributed by atoms with E-state index in [0.717, 1.165) is 5.75 Å². The molecule has 0 atom stereocenters. The van der Waals surface area contributed by atoms with Gasteiger partial charge in [0.1, 0.15) is 11.4 Å². The Balaban J connectivity index is 1.98. The molecule has 1 nitrogen and oxygen atoms in total. The van der Waals surface area contributed by atoms with Gasteiger partial charge < -0.3 is 4.74 Å². The summed E-state index contributed by atoms with van der Waals surface area (Å²) in [6.45, 7) is 6.21. The van der Waals surface area contributed by atoms with E-state index in [-0.39, 0.29) is 16.5 Å². The van der Waals surface area contributed by atoms with Crippen molar-refractivity contribution in [2.45, 2.75) is 41.1 Å². The molecule has 0 aliphatic carbocycles. The first kappa shape index (κ1) is 16.7. The predicted octanol–water partition coefficient (Wildman–Crippen LogP) is 5.96. The first-order chi connectivity index (χ1) is 11.5. The van der Waals surface area contributed by atoms with Gasteiger partial charge in [-0.25, -0.2) is 0 Å². The van der Waals surface area contributed by atoms with Gasteiger partial charge in [-0.2, -0.15) is 0 Å². The molecule has 0 bridgehead atoms. The lowest BCUT2D eigenvalue weighted by molar-refractivity contribution is 0.131. The Bertz CT molecular complexity index is 719. The summed E-state index contributed by atoms with van der Waals surface area (Å²) in [4.78, 5) is 3.95. The third-order valence-electron chi connectivity index (χ3n) is 3.44. The van der Waals surface area contributed by atoms with Crippen LogP contribution in [-0.4, -0.2) is 5.60 Å². The fourth-order valence-corrected chi connectivity index (χ4v) is 4.60. The molecule has 0 aromatic heterocycles. The van der Waals surface area contributed by atoms with Crippen molar-refractivity contribution in [2.75, 3.05) is 0 Å². The standard InChI is InChI=1S/C22H23OS/c1-22(2,3)23-18-14-16-21(17-15-18)24(19-10-6-4-7-11-19)20-12-8-5-9-13-20/h4-17H,1-3H3/q+1. The number of benzene rings is 3. The summed E-state index contributed by atoms with van der Waals surface area (Å²) in [5.41, 5.74) is -0.179. The Morgan fingerprint density at radius 3 is 1.42 bits per heavy atom. The summed E-state index contributed by atoms with van der Waals surface area (Å²) in [5.74, 6) is 0.913. The molecule has 0 N–H and O–H groups in total. The molecule has 0 spiro atoms. The van der Waals surface area contributed by atoms with Crippen LogP contribution in [0.15, 0.2) is 99.6 Å². The zero-order valence-electron chi connectivity index (χ0n) is 14.4. The lowest BCUT2D eigenvalue weighted by Crippen LogP contribution is -2.22. The number of hydrogen-bond acceptors (Lipinski definition) is 1. The molecule has 2 heteroatoms. The number of ether oxygens (including phenoxy) is 1. The molecule has 0 heterocycles. The second-order valence-electron chi connectivity index (χ2n) is 6.62. The van der Waals surface area contributed by atoms with Crippen LogP contribution >= 0.6 is 0 Å². The van der Waals surface area contributed by atoms with E-state index in [2.05, 4.69) is 106 Å². The summed E-state index contributed by atoms with van der Waals surface area (Å²) in [7, 11) is -0.102. The van der Waals surface area contributed by atoms with Gasteiger partial charge in [0, 0.05) is 0 Å². The Labute approximate surface area is 147 Å². The molecule has 0 saturated carbocycles. The van der Waals surface area contributed by atoms with E-state index in [0.29, 0.717) is 0 Å². The zero-order valence-corrected chi connectivity index (χ0v) is 15.2. The summed E-state index contributed by atoms with van der Waals surface area (Å²) in [6, 6.07) is 29.9. The van der Waals surface area contributed by atoms with Crippen LogP contribution in [0, 0.1) is 0 Å². The summed E-state index contributed by atoms with van der Waals surface area (Å²) >= 11 is 0. The minimum Gasteiger partial charge on any atom is -0.488 e. The normalized spacial score (nSPS) is 11.5. The highest BCUT2D eigenvalue weighted by molar-refractivity contribution is 7.97. The molecule has 3 aromatic carbocycles. The maximum absolute atomic E-state index is 5.95. The topological polar surface area (TPSA) is 9.23 Å². The molecule has 122 valence electrons. The lowest BCUT2D eigenvalue weighted by Gasteiger charge is -2.21. The molecule has 0 saturated heterocycles. The third kappa shape index (κ3) is 4.21. The average Bonchev–Trinajstić information content (AvgIpc) is 2.57. The monoisotopic (exact) mass is 335 g/mol. The van der Waals surface area contributed by atoms with Gasteiger partial charge in [-0.15, -0.1) is 0 Å². The Hall–Kier alpha value is -2.19. The Morgan fingerprint density at radius 2 is 1.00 bits per heavy atom. The van der Waals surface area contributed by atoms with Crippen LogP contribution in [0.2, 0.25) is 0 Å². The Kier molecular flexibility index (Phi) is 4.96. The van der Waals surface area contributed by atoms with E-state index in [1.807, 2.05) is 0 Å². The number of rotatable bonds is 4. The quantitative estimate of drug-likeness (QED) is 0.535. The van der Waals surface area contributed by atoms with Gasteiger partial charge in [-0.05, 0) is 69.3 Å². The van der Waals surface area contributed by atoms with Gasteiger partial charge in [0.05, 0.1) is 10.9 Å². The predicted molar refractivity (Wildman–Crippen MR) is 102 cm³/mol. The summed E-state index contributed by atoms with van der Waals surface area (Å²) in [6.07, 6.45) is 0. The molecule has 0 radical (unpaired) electrons. The van der Waals surface area contributed by atoms with Crippen LogP contribution < -0.4 is 4.74 Å². The maximum Gasteiger partial charge on any atom is 0.166 e. The minimum absolute atomic E-state index is 0.102. The van der Waals surface area contributed by atoms with E-state index >= 15 is 0 Å². The van der Waals surface area contributed by atoms with Gasteiger partial charge in [0.2, 0.25) is 0 Å². The van der Waals surface area contributed by atoms with E-state index < -0.39 is 0 Å². The van der Waals surface area contributed by atoms with Crippen molar-refractivity contribution in [3.8, 4) is 5.75 Å². The molecule has 3 aromatic rings. The van der Waals surface area contributed by atoms with E-state index in [1.54, 1.807) is 0 Å². The van der Waals surface area contributed by atoms with Gasteiger partial charge in [-0.3, -0.25) is 0 Å². The highest BCUT2D eigenvalue weighted by atomic mass is 32.2. The van der Waals surface area contributed by atoms with Crippen molar-refractivity contribution in [1.29, 1.82) is 0 Å². The molecule has 0 aliphatic rings. The fraction of sp³-hybridized carbons (Fsp3) is 0.182. The number of hydrogen-bond donors (Lipinski definition) is 0. The smallest absolute Gasteiger partial charge is 0.166 e. The van der Waals surface area contributed by atoms with Crippen LogP contribution in [0.5, 0.6) is 5.75 Å². The minimum atomic E-state index is -0.179. The molecule has 24 heavy (non-hydrogen) atoms. The maximum atomic E-state index is 5.95. The molecule has 3 rings (SSSR count). The van der Waals surface area contributed by atoms with Crippen LogP contribution in [0.25, 0.3) is 0 Å². The molecule has 0 amide bonds. The fourth-order valence-electron chi connectivity index (χ4n) is 2.52. The Morgan fingerprint density at radius 1 is 0.583 bits per heavy atom. The van der Waals surface area contributed by atoms with E-state index in [1.165, 1.54) is 14.7 Å². The van der Waals surface area contributed by atoms with E-state index in [4.69, 9.17) is 4.74 Å². The highest BCUT2D eigenvalue weighted by Crippen LogP contribution is 2.32. The zero-order chi connectivity index (χ0) is 17.0. The molecular weight excluding hydrogens is 312 g/mol. The summed E-state index contributed by atoms with van der Waals surface area (Å²) < 4.78 is 5.95. The van der Waals surface area contributed by atoms with Crippen molar-refractivity contribution in [2.24, 2.45) is 0 Å². The molecular formula is C22H23OS+. The molecule has 0 fully saturated rings. The second kappa shape index (κ2) is 7.14.